The van der Waals surface area contributed by atoms with E-state index in [2.05, 4.69) is 36.2 Å². The topological polar surface area (TPSA) is 35.6 Å². The lowest BCUT2D eigenvalue weighted by Crippen LogP contribution is -2.47. The summed E-state index contributed by atoms with van der Waals surface area (Å²) in [5.41, 5.74) is 3.43. The van der Waals surface area contributed by atoms with Gasteiger partial charge in [-0.05, 0) is 49.9 Å². The minimum atomic E-state index is 0. The van der Waals surface area contributed by atoms with Gasteiger partial charge in [0, 0.05) is 50.9 Å². The van der Waals surface area contributed by atoms with Crippen molar-refractivity contribution in [2.75, 3.05) is 20.1 Å². The van der Waals surface area contributed by atoms with E-state index in [0.29, 0.717) is 12.1 Å². The molecule has 1 amide bonds. The number of nitrogens with one attached hydrogen (secondary N) is 1. The van der Waals surface area contributed by atoms with Crippen LogP contribution in [0, 0.1) is 0 Å². The van der Waals surface area contributed by atoms with Crippen LogP contribution in [0.3, 0.4) is 0 Å². The molecule has 0 atom stereocenters. The number of amides is 1. The zero-order valence-corrected chi connectivity index (χ0v) is 16.4. The first-order valence-corrected chi connectivity index (χ1v) is 8.40. The van der Waals surface area contributed by atoms with Gasteiger partial charge in [0.25, 0.3) is 5.91 Å². The van der Waals surface area contributed by atoms with E-state index in [1.54, 1.807) is 0 Å². The molecular weight excluding hydrogens is 345 g/mol. The van der Waals surface area contributed by atoms with Crippen molar-refractivity contribution in [1.29, 1.82) is 0 Å². The predicted molar refractivity (Wildman–Crippen MR) is 103 cm³/mol. The molecule has 24 heavy (non-hydrogen) atoms. The van der Waals surface area contributed by atoms with Crippen LogP contribution in [0.1, 0.15) is 48.2 Å². The van der Waals surface area contributed by atoms with Crippen molar-refractivity contribution < 1.29 is 4.79 Å². The number of piperidine rings is 1. The van der Waals surface area contributed by atoms with Crippen LogP contribution in [0.4, 0.5) is 0 Å². The number of carbonyl (C=O) groups is 1. The van der Waals surface area contributed by atoms with Crippen molar-refractivity contribution in [3.05, 3.63) is 34.9 Å². The molecule has 0 spiro atoms. The Morgan fingerprint density at radius 1 is 1.17 bits per heavy atom. The lowest BCUT2D eigenvalue weighted by molar-refractivity contribution is 0.0615. The molecule has 4 nitrogen and oxygen atoms in total. The summed E-state index contributed by atoms with van der Waals surface area (Å²) in [6.07, 6.45) is 2.15. The van der Waals surface area contributed by atoms with Gasteiger partial charge in [0.05, 0.1) is 0 Å². The Bertz CT molecular complexity index is 557. The van der Waals surface area contributed by atoms with Crippen LogP contribution in [0.5, 0.6) is 0 Å². The highest BCUT2D eigenvalue weighted by atomic mass is 35.5. The number of benzene rings is 1. The summed E-state index contributed by atoms with van der Waals surface area (Å²) in [4.78, 5) is 17.2. The second-order valence-corrected chi connectivity index (χ2v) is 6.86. The number of hydrogen-bond acceptors (Lipinski definition) is 3. The van der Waals surface area contributed by atoms with Crippen LogP contribution in [-0.2, 0) is 13.1 Å². The summed E-state index contributed by atoms with van der Waals surface area (Å²) in [7, 11) is 1.96. The number of likely N-dealkylation sites (tertiary alicyclic amines) is 1. The number of rotatable bonds is 3. The van der Waals surface area contributed by atoms with Crippen LogP contribution >= 0.6 is 24.8 Å². The first-order chi connectivity index (χ1) is 10.6. The van der Waals surface area contributed by atoms with Gasteiger partial charge in [-0.3, -0.25) is 4.79 Å². The summed E-state index contributed by atoms with van der Waals surface area (Å²) in [6, 6.07) is 7.11. The van der Waals surface area contributed by atoms with Gasteiger partial charge in [-0.25, -0.2) is 0 Å². The highest BCUT2D eigenvalue weighted by molar-refractivity contribution is 5.94. The molecule has 1 N–H and O–H groups in total. The quantitative estimate of drug-likeness (QED) is 0.883. The molecule has 0 saturated carbocycles. The number of hydrogen-bond donors (Lipinski definition) is 1. The third-order valence-electron chi connectivity index (χ3n) is 5.18. The molecule has 3 rings (SSSR count). The molecular formula is C18H29Cl2N3O. The van der Waals surface area contributed by atoms with E-state index < -0.39 is 0 Å². The van der Waals surface area contributed by atoms with Gasteiger partial charge in [-0.1, -0.05) is 6.07 Å². The normalized spacial score (nSPS) is 17.8. The third-order valence-corrected chi connectivity index (χ3v) is 5.18. The molecule has 0 bridgehead atoms. The van der Waals surface area contributed by atoms with Crippen LogP contribution < -0.4 is 5.32 Å². The van der Waals surface area contributed by atoms with Crippen LogP contribution in [0.15, 0.2) is 18.2 Å². The van der Waals surface area contributed by atoms with Crippen molar-refractivity contribution >= 4 is 30.7 Å². The molecule has 2 heterocycles. The second-order valence-electron chi connectivity index (χ2n) is 6.86. The summed E-state index contributed by atoms with van der Waals surface area (Å²) in [5, 5.41) is 3.33. The number of nitrogens with zero attached hydrogens (tertiary/aromatic N) is 2. The van der Waals surface area contributed by atoms with Crippen molar-refractivity contribution in [1.82, 2.24) is 15.1 Å². The minimum Gasteiger partial charge on any atom is -0.339 e. The molecule has 1 aromatic rings. The Morgan fingerprint density at radius 3 is 2.42 bits per heavy atom. The predicted octanol–water partition coefficient (Wildman–Crippen LogP) is 3.08. The number of fused-ring (bicyclic) bond motifs is 1. The molecule has 0 unspecified atom stereocenters. The Hall–Kier alpha value is -0.810. The summed E-state index contributed by atoms with van der Waals surface area (Å²) in [6.45, 7) is 8.48. The van der Waals surface area contributed by atoms with Crippen LogP contribution in [0.25, 0.3) is 0 Å². The van der Waals surface area contributed by atoms with Gasteiger partial charge in [0.15, 0.2) is 0 Å². The smallest absolute Gasteiger partial charge is 0.253 e. The first-order valence-electron chi connectivity index (χ1n) is 8.40. The fourth-order valence-corrected chi connectivity index (χ4v) is 3.59. The van der Waals surface area contributed by atoms with E-state index in [4.69, 9.17) is 0 Å². The van der Waals surface area contributed by atoms with E-state index in [1.807, 2.05) is 18.0 Å². The maximum atomic E-state index is 12.8. The standard InChI is InChI=1S/C18H27N3O.2ClH/c1-13(2)21-8-6-17(7-9-21)20(3)18(22)14-4-5-15-11-19-12-16(15)10-14;;/h4-5,10,13,17,19H,6-9,11-12H2,1-3H3;2*1H. The van der Waals surface area contributed by atoms with E-state index in [9.17, 15) is 4.79 Å². The molecule has 0 radical (unpaired) electrons. The minimum absolute atomic E-state index is 0. The second kappa shape index (κ2) is 9.04. The zero-order chi connectivity index (χ0) is 15.7. The highest BCUT2D eigenvalue weighted by Gasteiger charge is 2.27. The lowest BCUT2D eigenvalue weighted by atomic mass is 10.0. The van der Waals surface area contributed by atoms with Crippen molar-refractivity contribution in [3.63, 3.8) is 0 Å². The fraction of sp³-hybridized carbons (Fsp3) is 0.611. The first kappa shape index (κ1) is 21.2. The molecule has 2 aliphatic rings. The van der Waals surface area contributed by atoms with Crippen LogP contribution in [-0.4, -0.2) is 47.9 Å². The Morgan fingerprint density at radius 2 is 1.79 bits per heavy atom. The fourth-order valence-electron chi connectivity index (χ4n) is 3.59. The highest BCUT2D eigenvalue weighted by Crippen LogP contribution is 2.21. The molecule has 0 aromatic heterocycles. The SMILES string of the molecule is CC(C)N1CCC(N(C)C(=O)c2ccc3c(c2)CNC3)CC1.Cl.Cl. The maximum Gasteiger partial charge on any atom is 0.253 e. The third kappa shape index (κ3) is 4.42. The number of halogens is 2. The molecule has 2 aliphatic heterocycles. The molecule has 1 saturated heterocycles. The Labute approximate surface area is 157 Å². The Kier molecular flexibility index (Phi) is 8.00. The summed E-state index contributed by atoms with van der Waals surface area (Å²) < 4.78 is 0. The van der Waals surface area contributed by atoms with E-state index in [0.717, 1.165) is 44.6 Å². The van der Waals surface area contributed by atoms with Gasteiger partial charge in [-0.15, -0.1) is 24.8 Å². The Balaban J connectivity index is 0.00000144. The average Bonchev–Trinajstić information content (AvgIpc) is 3.01. The largest absolute Gasteiger partial charge is 0.339 e. The summed E-state index contributed by atoms with van der Waals surface area (Å²) >= 11 is 0. The van der Waals surface area contributed by atoms with E-state index >= 15 is 0 Å². The van der Waals surface area contributed by atoms with Crippen molar-refractivity contribution in [2.24, 2.45) is 0 Å². The molecule has 136 valence electrons. The number of carbonyl (C=O) groups excluding carboxylic acids is 1. The molecule has 1 fully saturated rings. The van der Waals surface area contributed by atoms with Crippen molar-refractivity contribution in [3.8, 4) is 0 Å². The van der Waals surface area contributed by atoms with Crippen LogP contribution in [0.2, 0.25) is 0 Å². The van der Waals surface area contributed by atoms with Crippen molar-refractivity contribution in [2.45, 2.75) is 51.9 Å². The lowest BCUT2D eigenvalue weighted by Gasteiger charge is -2.38. The molecule has 0 aliphatic carbocycles. The summed E-state index contributed by atoms with van der Waals surface area (Å²) in [5.74, 6) is 0.165. The van der Waals surface area contributed by atoms with Gasteiger partial charge in [0.1, 0.15) is 0 Å². The van der Waals surface area contributed by atoms with E-state index in [-0.39, 0.29) is 30.7 Å². The monoisotopic (exact) mass is 373 g/mol. The molecule has 1 aromatic carbocycles. The van der Waals surface area contributed by atoms with Gasteiger partial charge in [-0.2, -0.15) is 0 Å². The maximum absolute atomic E-state index is 12.8. The average molecular weight is 374 g/mol. The van der Waals surface area contributed by atoms with E-state index in [1.165, 1.54) is 11.1 Å². The van der Waals surface area contributed by atoms with Gasteiger partial charge in [0.2, 0.25) is 0 Å². The van der Waals surface area contributed by atoms with Gasteiger partial charge >= 0.3 is 0 Å². The van der Waals surface area contributed by atoms with Gasteiger partial charge < -0.3 is 15.1 Å². The zero-order valence-electron chi connectivity index (χ0n) is 14.7. The molecule has 6 heteroatoms.